The Morgan fingerprint density at radius 3 is 2.67 bits per heavy atom. The molecule has 238 valence electrons. The fourth-order valence-corrected chi connectivity index (χ4v) is 5.78. The van der Waals surface area contributed by atoms with Crippen LogP contribution in [-0.2, 0) is 16.1 Å². The van der Waals surface area contributed by atoms with Crippen molar-refractivity contribution in [2.24, 2.45) is 5.41 Å². The number of aliphatic carboxylic acids is 1. The number of fused-ring (bicyclic) bond motifs is 1. The number of nitrogens with one attached hydrogen (secondary N) is 1. The molecule has 1 fully saturated rings. The van der Waals surface area contributed by atoms with Crippen molar-refractivity contribution < 1.29 is 29.0 Å². The number of aryl methyl sites for hydroxylation is 1. The smallest absolute Gasteiger partial charge is 0.322 e. The second kappa shape index (κ2) is 13.1. The van der Waals surface area contributed by atoms with Gasteiger partial charge in [-0.2, -0.15) is 5.10 Å². The van der Waals surface area contributed by atoms with Crippen LogP contribution in [-0.4, -0.2) is 59.0 Å². The highest BCUT2D eigenvalue weighted by atomic mass is 16.5. The standard InChI is InChI=1S/C36H38N4O6/c1-24-7-3-12-31(25(24)2)45-16-6-13-32(41)40-22-36(14-15-36)23-46-34-29(10-5-11-30(34)40)28-18-38-39(21-28)20-26-8-4-9-27(17-26)35(44)37-19-33(42)43/h3-5,7-12,17-18,21H,6,13-16,19-20,22-23H2,1-2H3,(H,37,44)(H,42,43). The van der Waals surface area contributed by atoms with Crippen LogP contribution >= 0.6 is 0 Å². The molecule has 6 rings (SSSR count). The van der Waals surface area contributed by atoms with Crippen LogP contribution in [0.3, 0.4) is 0 Å². The molecule has 2 aliphatic rings. The van der Waals surface area contributed by atoms with Gasteiger partial charge in [0.2, 0.25) is 5.91 Å². The van der Waals surface area contributed by atoms with E-state index >= 15 is 0 Å². The van der Waals surface area contributed by atoms with Crippen LogP contribution in [0.25, 0.3) is 11.1 Å². The second-order valence-corrected chi connectivity index (χ2v) is 12.3. The third-order valence-electron chi connectivity index (χ3n) is 8.79. The summed E-state index contributed by atoms with van der Waals surface area (Å²) in [6.07, 6.45) is 6.74. The van der Waals surface area contributed by atoms with Crippen molar-refractivity contribution in [2.75, 3.05) is 31.2 Å². The monoisotopic (exact) mass is 622 g/mol. The number of para-hydroxylation sites is 1. The number of benzene rings is 3. The first kappa shape index (κ1) is 30.9. The summed E-state index contributed by atoms with van der Waals surface area (Å²) in [6, 6.07) is 18.9. The van der Waals surface area contributed by atoms with E-state index in [2.05, 4.69) is 23.4 Å². The lowest BCUT2D eigenvalue weighted by Gasteiger charge is -2.25. The number of carbonyl (C=O) groups excluding carboxylic acids is 2. The molecule has 2 N–H and O–H groups in total. The number of carboxylic acid groups (broad SMARTS) is 1. The average Bonchev–Trinajstić information content (AvgIpc) is 3.72. The molecule has 0 unspecified atom stereocenters. The molecular weight excluding hydrogens is 584 g/mol. The molecular formula is C36H38N4O6. The predicted molar refractivity (Wildman–Crippen MR) is 173 cm³/mol. The Morgan fingerprint density at radius 2 is 1.87 bits per heavy atom. The van der Waals surface area contributed by atoms with E-state index in [1.165, 1.54) is 5.56 Å². The van der Waals surface area contributed by atoms with Crippen LogP contribution in [0.2, 0.25) is 0 Å². The zero-order chi connectivity index (χ0) is 32.3. The average molecular weight is 623 g/mol. The number of carbonyl (C=O) groups is 3. The molecule has 3 aromatic carbocycles. The van der Waals surface area contributed by atoms with E-state index in [9.17, 15) is 14.4 Å². The number of hydrogen-bond donors (Lipinski definition) is 2. The van der Waals surface area contributed by atoms with Gasteiger partial charge >= 0.3 is 5.97 Å². The molecule has 10 nitrogen and oxygen atoms in total. The van der Waals surface area contributed by atoms with Gasteiger partial charge in [-0.15, -0.1) is 0 Å². The maximum atomic E-state index is 13.7. The lowest BCUT2D eigenvalue weighted by molar-refractivity contribution is -0.135. The molecule has 2 heterocycles. The highest BCUT2D eigenvalue weighted by molar-refractivity contribution is 5.97. The van der Waals surface area contributed by atoms with Crippen LogP contribution < -0.4 is 19.7 Å². The zero-order valence-corrected chi connectivity index (χ0v) is 26.1. The maximum absolute atomic E-state index is 13.7. The van der Waals surface area contributed by atoms with Crippen LogP contribution in [0.4, 0.5) is 5.69 Å². The Bertz CT molecular complexity index is 1780. The van der Waals surface area contributed by atoms with Gasteiger partial charge in [0.1, 0.15) is 12.3 Å². The number of carboxylic acids is 1. The summed E-state index contributed by atoms with van der Waals surface area (Å²) in [4.78, 5) is 38.8. The maximum Gasteiger partial charge on any atom is 0.322 e. The van der Waals surface area contributed by atoms with Gasteiger partial charge < -0.3 is 24.8 Å². The molecule has 1 aliphatic carbocycles. The SMILES string of the molecule is Cc1cccc(OCCCC(=O)N2CC3(CC3)COc3c(-c4cnn(Cc5cccc(C(=O)NCC(=O)O)c5)c4)cccc32)c1C. The van der Waals surface area contributed by atoms with Gasteiger partial charge in [0.15, 0.2) is 5.75 Å². The molecule has 0 bridgehead atoms. The van der Waals surface area contributed by atoms with E-state index < -0.39 is 18.4 Å². The van der Waals surface area contributed by atoms with Crippen molar-refractivity contribution in [3.63, 3.8) is 0 Å². The first-order valence-electron chi connectivity index (χ1n) is 15.6. The Balaban J connectivity index is 1.16. The molecule has 1 spiro atoms. The van der Waals surface area contributed by atoms with E-state index in [-0.39, 0.29) is 11.3 Å². The van der Waals surface area contributed by atoms with Crippen LogP contribution in [0.1, 0.15) is 52.7 Å². The molecule has 46 heavy (non-hydrogen) atoms. The number of hydrogen-bond acceptors (Lipinski definition) is 6. The highest BCUT2D eigenvalue weighted by Gasteiger charge is 2.48. The van der Waals surface area contributed by atoms with Gasteiger partial charge in [-0.3, -0.25) is 19.1 Å². The Labute approximate surface area is 267 Å². The molecule has 0 radical (unpaired) electrons. The fourth-order valence-electron chi connectivity index (χ4n) is 5.78. The van der Waals surface area contributed by atoms with Gasteiger partial charge in [-0.1, -0.05) is 36.4 Å². The third kappa shape index (κ3) is 6.91. The summed E-state index contributed by atoms with van der Waals surface area (Å²) in [5, 5.41) is 15.8. The van der Waals surface area contributed by atoms with E-state index in [1.54, 1.807) is 29.1 Å². The molecule has 1 saturated carbocycles. The second-order valence-electron chi connectivity index (χ2n) is 12.3. The number of ether oxygens (including phenoxy) is 2. The van der Waals surface area contributed by atoms with E-state index in [0.29, 0.717) is 50.5 Å². The summed E-state index contributed by atoms with van der Waals surface area (Å²) in [7, 11) is 0. The van der Waals surface area contributed by atoms with E-state index in [4.69, 9.17) is 14.6 Å². The van der Waals surface area contributed by atoms with E-state index in [1.807, 2.05) is 54.4 Å². The zero-order valence-electron chi connectivity index (χ0n) is 26.1. The Hall–Kier alpha value is -5.12. The van der Waals surface area contributed by atoms with Crippen molar-refractivity contribution in [3.8, 4) is 22.6 Å². The van der Waals surface area contributed by atoms with Crippen molar-refractivity contribution in [1.29, 1.82) is 0 Å². The summed E-state index contributed by atoms with van der Waals surface area (Å²) >= 11 is 0. The van der Waals surface area contributed by atoms with Gasteiger partial charge in [0.05, 0.1) is 31.6 Å². The summed E-state index contributed by atoms with van der Waals surface area (Å²) in [5.41, 5.74) is 5.99. The molecule has 4 aromatic rings. The number of anilines is 1. The van der Waals surface area contributed by atoms with Crippen molar-refractivity contribution in [2.45, 2.75) is 46.1 Å². The molecule has 1 aliphatic heterocycles. The molecule has 0 saturated heterocycles. The Kier molecular flexibility index (Phi) is 8.78. The first-order valence-corrected chi connectivity index (χ1v) is 15.6. The summed E-state index contributed by atoms with van der Waals surface area (Å²) in [6.45, 7) is 5.73. The van der Waals surface area contributed by atoms with Crippen LogP contribution in [0, 0.1) is 19.3 Å². The van der Waals surface area contributed by atoms with Crippen molar-refractivity contribution >= 4 is 23.5 Å². The van der Waals surface area contributed by atoms with Gasteiger partial charge in [-0.05, 0) is 74.1 Å². The number of aromatic nitrogens is 2. The van der Waals surface area contributed by atoms with Crippen LogP contribution in [0.15, 0.2) is 73.1 Å². The minimum atomic E-state index is -1.10. The van der Waals surface area contributed by atoms with Crippen molar-refractivity contribution in [3.05, 3.63) is 95.3 Å². The number of nitrogens with zero attached hydrogens (tertiary/aromatic N) is 3. The Morgan fingerprint density at radius 1 is 1.07 bits per heavy atom. The first-order chi connectivity index (χ1) is 22.2. The summed E-state index contributed by atoms with van der Waals surface area (Å²) in [5.74, 6) is 0.0494. The minimum Gasteiger partial charge on any atom is -0.493 e. The molecule has 10 heteroatoms. The third-order valence-corrected chi connectivity index (χ3v) is 8.79. The number of rotatable bonds is 11. The fraction of sp³-hybridized carbons (Fsp3) is 0.333. The number of amides is 2. The van der Waals surface area contributed by atoms with Crippen LogP contribution in [0.5, 0.6) is 11.5 Å². The van der Waals surface area contributed by atoms with Gasteiger partial charge in [-0.25, -0.2) is 0 Å². The van der Waals surface area contributed by atoms with Crippen molar-refractivity contribution in [1.82, 2.24) is 15.1 Å². The normalized spacial score (nSPS) is 14.6. The minimum absolute atomic E-state index is 0.0208. The highest BCUT2D eigenvalue weighted by Crippen LogP contribution is 2.52. The molecule has 1 aromatic heterocycles. The summed E-state index contributed by atoms with van der Waals surface area (Å²) < 4.78 is 14.3. The van der Waals surface area contributed by atoms with Gasteiger partial charge in [0, 0.05) is 41.3 Å². The lowest BCUT2D eigenvalue weighted by atomic mass is 10.1. The quantitative estimate of drug-likeness (QED) is 0.215. The van der Waals surface area contributed by atoms with E-state index in [0.717, 1.165) is 46.5 Å². The largest absolute Gasteiger partial charge is 0.493 e. The molecule has 2 amide bonds. The van der Waals surface area contributed by atoms with Gasteiger partial charge in [0.25, 0.3) is 5.91 Å². The molecule has 0 atom stereocenters. The topological polar surface area (TPSA) is 123 Å². The predicted octanol–water partition coefficient (Wildman–Crippen LogP) is 5.39. The lowest BCUT2D eigenvalue weighted by Crippen LogP contribution is -2.36.